The monoisotopic (exact) mass is 312 g/mol. The third-order valence-electron chi connectivity index (χ3n) is 4.95. The molecule has 1 aliphatic heterocycles. The molecule has 1 fully saturated rings. The molecule has 0 amide bonds. The van der Waals surface area contributed by atoms with Gasteiger partial charge in [0, 0.05) is 41.9 Å². The number of ketones is 1. The molecule has 3 rings (SSSR count). The maximum absolute atomic E-state index is 12.8. The van der Waals surface area contributed by atoms with Crippen molar-refractivity contribution in [3.05, 3.63) is 60.2 Å². The standard InChI is InChI=1S/C18H20N2OS/c1-17(2)16(21)12-15(13-4-8-19-9-5-13)22-18(17,3)14-6-10-20-11-7-14/h4-11,15H,12H2,1-3H3/t15-,18+/m1/s1. The van der Waals surface area contributed by atoms with Crippen molar-refractivity contribution in [2.24, 2.45) is 5.41 Å². The number of carbonyl (C=O) groups excluding carboxylic acids is 1. The lowest BCUT2D eigenvalue weighted by Gasteiger charge is -2.49. The lowest BCUT2D eigenvalue weighted by Crippen LogP contribution is -2.47. The molecule has 3 nitrogen and oxygen atoms in total. The average molecular weight is 312 g/mol. The SMILES string of the molecule is CC1(C)C(=O)C[C@H](c2ccncc2)S[C@@]1(C)c1ccncc1. The van der Waals surface area contributed by atoms with Crippen LogP contribution in [0.25, 0.3) is 0 Å². The van der Waals surface area contributed by atoms with Gasteiger partial charge in [-0.05, 0) is 42.3 Å². The van der Waals surface area contributed by atoms with Crippen LogP contribution in [0.4, 0.5) is 0 Å². The Kier molecular flexibility index (Phi) is 3.81. The van der Waals surface area contributed by atoms with Gasteiger partial charge in [0.15, 0.2) is 0 Å². The molecule has 0 aromatic carbocycles. The van der Waals surface area contributed by atoms with Crippen molar-refractivity contribution in [2.75, 3.05) is 0 Å². The molecule has 0 spiro atoms. The normalized spacial score (nSPS) is 27.6. The summed E-state index contributed by atoms with van der Waals surface area (Å²) >= 11 is 1.87. The zero-order valence-corrected chi connectivity index (χ0v) is 13.9. The average Bonchev–Trinajstić information content (AvgIpc) is 2.54. The number of aromatic nitrogens is 2. The van der Waals surface area contributed by atoms with E-state index in [1.807, 2.05) is 36.0 Å². The highest BCUT2D eigenvalue weighted by atomic mass is 32.2. The fraction of sp³-hybridized carbons (Fsp3) is 0.389. The highest BCUT2D eigenvalue weighted by molar-refractivity contribution is 8.00. The van der Waals surface area contributed by atoms with Crippen LogP contribution < -0.4 is 0 Å². The van der Waals surface area contributed by atoms with Crippen molar-refractivity contribution < 1.29 is 4.79 Å². The molecule has 2 aromatic heterocycles. The van der Waals surface area contributed by atoms with Crippen LogP contribution in [0.15, 0.2) is 49.1 Å². The summed E-state index contributed by atoms with van der Waals surface area (Å²) in [5.74, 6) is 0.312. The predicted molar refractivity (Wildman–Crippen MR) is 89.6 cm³/mol. The van der Waals surface area contributed by atoms with E-state index in [9.17, 15) is 4.79 Å². The number of nitrogens with zero attached hydrogens (tertiary/aromatic N) is 2. The number of hydrogen-bond donors (Lipinski definition) is 0. The van der Waals surface area contributed by atoms with E-state index in [4.69, 9.17) is 0 Å². The van der Waals surface area contributed by atoms with E-state index in [1.54, 1.807) is 24.8 Å². The van der Waals surface area contributed by atoms with Crippen LogP contribution >= 0.6 is 11.8 Å². The number of thioether (sulfide) groups is 1. The Hall–Kier alpha value is -1.68. The van der Waals surface area contributed by atoms with Crippen LogP contribution in [0.5, 0.6) is 0 Å². The highest BCUT2D eigenvalue weighted by Gasteiger charge is 2.53. The molecule has 0 aliphatic carbocycles. The number of hydrogen-bond acceptors (Lipinski definition) is 4. The van der Waals surface area contributed by atoms with Gasteiger partial charge in [0.25, 0.3) is 0 Å². The van der Waals surface area contributed by atoms with Crippen LogP contribution in [0.2, 0.25) is 0 Å². The lowest BCUT2D eigenvalue weighted by molar-refractivity contribution is -0.129. The molecular weight excluding hydrogens is 292 g/mol. The minimum atomic E-state index is -0.414. The second-order valence-corrected chi connectivity index (χ2v) is 8.03. The van der Waals surface area contributed by atoms with Gasteiger partial charge in [-0.15, -0.1) is 11.8 Å². The van der Waals surface area contributed by atoms with Crippen LogP contribution in [0.3, 0.4) is 0 Å². The Morgan fingerprint density at radius 2 is 1.55 bits per heavy atom. The zero-order valence-electron chi connectivity index (χ0n) is 13.1. The van der Waals surface area contributed by atoms with E-state index in [-0.39, 0.29) is 10.00 Å². The molecule has 0 unspecified atom stereocenters. The van der Waals surface area contributed by atoms with Crippen molar-refractivity contribution in [3.63, 3.8) is 0 Å². The second kappa shape index (κ2) is 5.51. The molecule has 1 saturated heterocycles. The summed E-state index contributed by atoms with van der Waals surface area (Å²) in [6.45, 7) is 6.30. The molecule has 0 saturated carbocycles. The molecule has 2 aromatic rings. The molecule has 4 heteroatoms. The van der Waals surface area contributed by atoms with Crippen LogP contribution in [-0.4, -0.2) is 15.8 Å². The maximum atomic E-state index is 12.8. The van der Waals surface area contributed by atoms with Gasteiger partial charge in [-0.3, -0.25) is 14.8 Å². The maximum Gasteiger partial charge on any atom is 0.141 e. The Balaban J connectivity index is 2.05. The highest BCUT2D eigenvalue weighted by Crippen LogP contribution is 2.60. The van der Waals surface area contributed by atoms with Gasteiger partial charge in [-0.1, -0.05) is 13.8 Å². The van der Waals surface area contributed by atoms with Crippen LogP contribution in [-0.2, 0) is 9.54 Å². The molecule has 22 heavy (non-hydrogen) atoms. The number of pyridine rings is 2. The first-order chi connectivity index (χ1) is 10.4. The smallest absolute Gasteiger partial charge is 0.141 e. The van der Waals surface area contributed by atoms with Crippen molar-refractivity contribution in [2.45, 2.75) is 37.2 Å². The van der Waals surface area contributed by atoms with E-state index in [0.29, 0.717) is 12.2 Å². The summed E-state index contributed by atoms with van der Waals surface area (Å²) in [5.41, 5.74) is 1.91. The molecule has 1 aliphatic rings. The quantitative estimate of drug-likeness (QED) is 0.835. The fourth-order valence-corrected chi connectivity index (χ4v) is 4.80. The van der Waals surface area contributed by atoms with Crippen LogP contribution in [0.1, 0.15) is 43.6 Å². The minimum absolute atomic E-state index is 0.168. The first-order valence-corrected chi connectivity index (χ1v) is 8.34. The summed E-state index contributed by atoms with van der Waals surface area (Å²) < 4.78 is -0.279. The second-order valence-electron chi connectivity index (χ2n) is 6.41. The zero-order chi connectivity index (χ0) is 15.8. The predicted octanol–water partition coefficient (Wildman–Crippen LogP) is 4.17. The lowest BCUT2D eigenvalue weighted by atomic mass is 9.70. The summed E-state index contributed by atoms with van der Waals surface area (Å²) in [6, 6.07) is 8.07. The van der Waals surface area contributed by atoms with E-state index >= 15 is 0 Å². The molecule has 0 N–H and O–H groups in total. The van der Waals surface area contributed by atoms with Gasteiger partial charge in [-0.25, -0.2) is 0 Å². The molecule has 2 atom stereocenters. The largest absolute Gasteiger partial charge is 0.299 e. The Morgan fingerprint density at radius 1 is 1.00 bits per heavy atom. The fourth-order valence-electron chi connectivity index (χ4n) is 3.03. The van der Waals surface area contributed by atoms with Gasteiger partial charge in [0.05, 0.1) is 4.75 Å². The van der Waals surface area contributed by atoms with E-state index in [2.05, 4.69) is 30.7 Å². The van der Waals surface area contributed by atoms with E-state index < -0.39 is 5.41 Å². The van der Waals surface area contributed by atoms with Crippen molar-refractivity contribution in [1.82, 2.24) is 9.97 Å². The number of rotatable bonds is 2. The third kappa shape index (κ3) is 2.35. The van der Waals surface area contributed by atoms with Gasteiger partial charge >= 0.3 is 0 Å². The van der Waals surface area contributed by atoms with Crippen molar-refractivity contribution >= 4 is 17.5 Å². The van der Waals surface area contributed by atoms with Crippen LogP contribution in [0, 0.1) is 5.41 Å². The van der Waals surface area contributed by atoms with Gasteiger partial charge in [0.2, 0.25) is 0 Å². The Morgan fingerprint density at radius 3 is 2.14 bits per heavy atom. The van der Waals surface area contributed by atoms with Gasteiger partial charge in [-0.2, -0.15) is 0 Å². The molecule has 114 valence electrons. The number of carbonyl (C=O) groups is 1. The topological polar surface area (TPSA) is 42.9 Å². The minimum Gasteiger partial charge on any atom is -0.299 e. The summed E-state index contributed by atoms with van der Waals surface area (Å²) in [5, 5.41) is 0.168. The summed E-state index contributed by atoms with van der Waals surface area (Å²) in [4.78, 5) is 21.0. The Bertz CT molecular complexity index is 672. The first-order valence-electron chi connectivity index (χ1n) is 7.47. The van der Waals surface area contributed by atoms with Crippen molar-refractivity contribution in [1.29, 1.82) is 0 Å². The molecular formula is C18H20N2OS. The third-order valence-corrected chi connectivity index (χ3v) is 6.89. The van der Waals surface area contributed by atoms with Gasteiger partial charge < -0.3 is 0 Å². The molecule has 3 heterocycles. The van der Waals surface area contributed by atoms with Gasteiger partial charge in [0.1, 0.15) is 5.78 Å². The summed E-state index contributed by atoms with van der Waals surface area (Å²) in [7, 11) is 0. The molecule has 0 radical (unpaired) electrons. The summed E-state index contributed by atoms with van der Waals surface area (Å²) in [6.07, 6.45) is 7.77. The number of Topliss-reactive ketones (excluding diaryl/α,β-unsaturated/α-hetero) is 1. The first kappa shape index (κ1) is 15.2. The van der Waals surface area contributed by atoms with E-state index in [1.165, 1.54) is 5.56 Å². The Labute approximate surface area is 135 Å². The van der Waals surface area contributed by atoms with E-state index in [0.717, 1.165) is 5.56 Å². The van der Waals surface area contributed by atoms with Crippen molar-refractivity contribution in [3.8, 4) is 0 Å². The molecule has 0 bridgehead atoms.